The molecular weight excluding hydrogens is 242 g/mol. The largest absolute Gasteiger partial charge is 0.472 e. The maximum atomic E-state index is 5.19. The lowest BCUT2D eigenvalue weighted by Gasteiger charge is -2.13. The van der Waals surface area contributed by atoms with Crippen LogP contribution in [0.4, 0.5) is 5.69 Å². The van der Waals surface area contributed by atoms with Crippen molar-refractivity contribution in [2.45, 2.75) is 13.0 Å². The first-order valence-electron chi connectivity index (χ1n) is 5.98. The van der Waals surface area contributed by atoms with Crippen molar-refractivity contribution in [1.82, 2.24) is 10.2 Å². The highest BCUT2D eigenvalue weighted by Crippen LogP contribution is 2.24. The molecule has 2 heterocycles. The van der Waals surface area contributed by atoms with Crippen LogP contribution in [0.25, 0.3) is 11.5 Å². The Morgan fingerprint density at radius 1 is 1.26 bits per heavy atom. The molecule has 1 unspecified atom stereocenters. The van der Waals surface area contributed by atoms with E-state index in [1.54, 1.807) is 12.5 Å². The number of anilines is 1. The minimum Gasteiger partial charge on any atom is -0.472 e. The molecule has 5 nitrogen and oxygen atoms in total. The topological polar surface area (TPSA) is 64.1 Å². The first kappa shape index (κ1) is 11.5. The minimum atomic E-state index is 0.164. The Morgan fingerprint density at radius 2 is 2.21 bits per heavy atom. The zero-order chi connectivity index (χ0) is 13.1. The van der Waals surface area contributed by atoms with Crippen LogP contribution in [0.1, 0.15) is 18.5 Å². The summed E-state index contributed by atoms with van der Waals surface area (Å²) in [5.74, 6) is 0.514. The average Bonchev–Trinajstić information content (AvgIpc) is 3.13. The lowest BCUT2D eigenvalue weighted by molar-refractivity contribution is 0.562. The fraction of sp³-hybridized carbons (Fsp3) is 0.143. The van der Waals surface area contributed by atoms with Gasteiger partial charge in [-0.05, 0) is 31.2 Å². The van der Waals surface area contributed by atoms with Crippen LogP contribution in [-0.2, 0) is 0 Å². The van der Waals surface area contributed by atoms with Gasteiger partial charge in [0.05, 0.1) is 18.6 Å². The highest BCUT2D eigenvalue weighted by Gasteiger charge is 2.08. The molecule has 3 rings (SSSR count). The minimum absolute atomic E-state index is 0.164. The summed E-state index contributed by atoms with van der Waals surface area (Å²) >= 11 is 0. The Labute approximate surface area is 110 Å². The van der Waals surface area contributed by atoms with Gasteiger partial charge in [0.15, 0.2) is 0 Å². The second-order valence-electron chi connectivity index (χ2n) is 4.25. The van der Waals surface area contributed by atoms with E-state index in [2.05, 4.69) is 22.4 Å². The van der Waals surface area contributed by atoms with Gasteiger partial charge in [0, 0.05) is 16.8 Å². The fourth-order valence-electron chi connectivity index (χ4n) is 1.90. The van der Waals surface area contributed by atoms with E-state index in [-0.39, 0.29) is 6.04 Å². The highest BCUT2D eigenvalue weighted by atomic mass is 16.4. The maximum Gasteiger partial charge on any atom is 0.247 e. The van der Waals surface area contributed by atoms with E-state index < -0.39 is 0 Å². The molecule has 1 atom stereocenters. The Hall–Kier alpha value is -2.56. The third-order valence-electron chi connectivity index (χ3n) is 2.90. The molecule has 0 aliphatic heterocycles. The van der Waals surface area contributed by atoms with Gasteiger partial charge in [-0.3, -0.25) is 0 Å². The first-order valence-corrected chi connectivity index (χ1v) is 5.98. The van der Waals surface area contributed by atoms with Crippen molar-refractivity contribution in [2.75, 3.05) is 5.32 Å². The summed E-state index contributed by atoms with van der Waals surface area (Å²) in [6.07, 6.45) is 4.73. The number of nitrogens with zero attached hydrogens (tertiary/aromatic N) is 2. The van der Waals surface area contributed by atoms with Gasteiger partial charge in [-0.1, -0.05) is 6.07 Å². The molecule has 19 heavy (non-hydrogen) atoms. The van der Waals surface area contributed by atoms with Crippen LogP contribution in [0.15, 0.2) is 58.1 Å². The number of aromatic nitrogens is 2. The standard InChI is InChI=1S/C14H13N3O2/c1-10(12-5-6-18-8-12)16-13-4-2-3-11(7-13)14-17-15-9-19-14/h2-10,16H,1H3. The van der Waals surface area contributed by atoms with Crippen molar-refractivity contribution < 1.29 is 8.83 Å². The molecule has 5 heteroatoms. The molecule has 0 radical (unpaired) electrons. The molecule has 0 fully saturated rings. The molecule has 1 N–H and O–H groups in total. The average molecular weight is 255 g/mol. The van der Waals surface area contributed by atoms with E-state index in [1.807, 2.05) is 30.3 Å². The van der Waals surface area contributed by atoms with Gasteiger partial charge in [0.25, 0.3) is 0 Å². The second-order valence-corrected chi connectivity index (χ2v) is 4.25. The fourth-order valence-corrected chi connectivity index (χ4v) is 1.90. The van der Waals surface area contributed by atoms with E-state index in [0.717, 1.165) is 16.8 Å². The molecule has 0 saturated carbocycles. The third-order valence-corrected chi connectivity index (χ3v) is 2.90. The lowest BCUT2D eigenvalue weighted by Crippen LogP contribution is -2.05. The molecule has 3 aromatic rings. The van der Waals surface area contributed by atoms with Gasteiger partial charge in [-0.15, -0.1) is 10.2 Å². The van der Waals surface area contributed by atoms with Gasteiger partial charge in [-0.25, -0.2) is 0 Å². The van der Waals surface area contributed by atoms with Gasteiger partial charge < -0.3 is 14.2 Å². The van der Waals surface area contributed by atoms with Crippen LogP contribution in [0, 0.1) is 0 Å². The van der Waals surface area contributed by atoms with E-state index in [4.69, 9.17) is 8.83 Å². The molecule has 0 amide bonds. The molecule has 0 spiro atoms. The van der Waals surface area contributed by atoms with Crippen molar-refractivity contribution in [3.8, 4) is 11.5 Å². The highest BCUT2D eigenvalue weighted by molar-refractivity contribution is 5.61. The number of hydrogen-bond acceptors (Lipinski definition) is 5. The second kappa shape index (κ2) is 4.97. The summed E-state index contributed by atoms with van der Waals surface area (Å²) in [4.78, 5) is 0. The summed E-state index contributed by atoms with van der Waals surface area (Å²) in [7, 11) is 0. The van der Waals surface area contributed by atoms with Crippen molar-refractivity contribution >= 4 is 5.69 Å². The van der Waals surface area contributed by atoms with Crippen LogP contribution in [-0.4, -0.2) is 10.2 Å². The third kappa shape index (κ3) is 2.49. The zero-order valence-corrected chi connectivity index (χ0v) is 10.4. The summed E-state index contributed by atoms with van der Waals surface area (Å²) < 4.78 is 10.3. The van der Waals surface area contributed by atoms with Crippen molar-refractivity contribution in [2.24, 2.45) is 0 Å². The van der Waals surface area contributed by atoms with Gasteiger partial charge in [0.2, 0.25) is 12.3 Å². The quantitative estimate of drug-likeness (QED) is 0.772. The molecule has 1 aromatic carbocycles. The number of nitrogens with one attached hydrogen (secondary N) is 1. The Kier molecular flexibility index (Phi) is 3.02. The lowest BCUT2D eigenvalue weighted by atomic mass is 10.1. The zero-order valence-electron chi connectivity index (χ0n) is 10.4. The molecule has 0 aliphatic carbocycles. The summed E-state index contributed by atoms with van der Waals surface area (Å²) in [5, 5.41) is 11.0. The van der Waals surface area contributed by atoms with Gasteiger partial charge >= 0.3 is 0 Å². The predicted molar refractivity (Wildman–Crippen MR) is 70.5 cm³/mol. The van der Waals surface area contributed by atoms with E-state index in [0.29, 0.717) is 5.89 Å². The molecule has 0 bridgehead atoms. The molecule has 0 saturated heterocycles. The van der Waals surface area contributed by atoms with Crippen LogP contribution in [0.2, 0.25) is 0 Å². The van der Waals surface area contributed by atoms with Crippen molar-refractivity contribution in [3.63, 3.8) is 0 Å². The molecule has 0 aliphatic rings. The van der Waals surface area contributed by atoms with Crippen LogP contribution in [0.5, 0.6) is 0 Å². The van der Waals surface area contributed by atoms with Crippen molar-refractivity contribution in [3.05, 3.63) is 54.8 Å². The molecular formula is C14H13N3O2. The van der Waals surface area contributed by atoms with Gasteiger partial charge in [-0.2, -0.15) is 0 Å². The monoisotopic (exact) mass is 255 g/mol. The van der Waals surface area contributed by atoms with Crippen LogP contribution < -0.4 is 5.32 Å². The van der Waals surface area contributed by atoms with E-state index >= 15 is 0 Å². The number of benzene rings is 1. The van der Waals surface area contributed by atoms with E-state index in [9.17, 15) is 0 Å². The number of rotatable bonds is 4. The molecule has 2 aromatic heterocycles. The SMILES string of the molecule is CC(Nc1cccc(-c2nnco2)c1)c1ccoc1. The number of hydrogen-bond donors (Lipinski definition) is 1. The van der Waals surface area contributed by atoms with Gasteiger partial charge in [0.1, 0.15) is 0 Å². The molecule has 96 valence electrons. The predicted octanol–water partition coefficient (Wildman–Crippen LogP) is 3.50. The Morgan fingerprint density at radius 3 is 2.95 bits per heavy atom. The smallest absolute Gasteiger partial charge is 0.247 e. The summed E-state index contributed by atoms with van der Waals surface area (Å²) in [6.45, 7) is 2.07. The summed E-state index contributed by atoms with van der Waals surface area (Å²) in [6, 6.07) is 9.96. The van der Waals surface area contributed by atoms with E-state index in [1.165, 1.54) is 6.39 Å². The summed E-state index contributed by atoms with van der Waals surface area (Å²) in [5.41, 5.74) is 2.98. The van der Waals surface area contributed by atoms with Crippen LogP contribution in [0.3, 0.4) is 0 Å². The number of furan rings is 1. The van der Waals surface area contributed by atoms with Crippen LogP contribution >= 0.6 is 0 Å². The first-order chi connectivity index (χ1) is 9.33. The Bertz CT molecular complexity index is 633. The normalized spacial score (nSPS) is 12.3. The van der Waals surface area contributed by atoms with Crippen molar-refractivity contribution in [1.29, 1.82) is 0 Å². The Balaban J connectivity index is 1.80. The maximum absolute atomic E-state index is 5.19.